The second kappa shape index (κ2) is 6.25. The third-order valence-corrected chi connectivity index (χ3v) is 4.60. The second-order valence-electron chi connectivity index (χ2n) is 4.40. The molecule has 1 aromatic rings. The van der Waals surface area contributed by atoms with Gasteiger partial charge in [0.2, 0.25) is 11.8 Å². The number of nitrogen functional groups attached to an aromatic ring is 1. The fourth-order valence-electron chi connectivity index (χ4n) is 1.39. The van der Waals surface area contributed by atoms with Crippen LogP contribution in [0.2, 0.25) is 0 Å². The molecule has 6 nitrogen and oxygen atoms in total. The zero-order valence-electron chi connectivity index (χ0n) is 10.6. The van der Waals surface area contributed by atoms with Crippen LogP contribution in [-0.2, 0) is 9.59 Å². The summed E-state index contributed by atoms with van der Waals surface area (Å²) in [6.07, 6.45) is 3.75. The summed E-state index contributed by atoms with van der Waals surface area (Å²) >= 11 is 2.74. The van der Waals surface area contributed by atoms with E-state index in [1.165, 1.54) is 28.0 Å². The number of nitrogens with one attached hydrogen (secondary N) is 1. The monoisotopic (exact) mass is 300 g/mol. The van der Waals surface area contributed by atoms with Gasteiger partial charge in [0.25, 0.3) is 0 Å². The molecule has 0 radical (unpaired) electrons. The predicted octanol–water partition coefficient (Wildman–Crippen LogP) is 0.554. The highest BCUT2D eigenvalue weighted by Crippen LogP contribution is 2.26. The maximum absolute atomic E-state index is 11.8. The number of thioether (sulfide) groups is 1. The van der Waals surface area contributed by atoms with Gasteiger partial charge in [0.1, 0.15) is 0 Å². The molecule has 19 heavy (non-hydrogen) atoms. The van der Waals surface area contributed by atoms with E-state index in [4.69, 9.17) is 5.73 Å². The second-order valence-corrected chi connectivity index (χ2v) is 6.74. The quantitative estimate of drug-likeness (QED) is 0.749. The molecule has 1 fully saturated rings. The molecule has 2 amide bonds. The Morgan fingerprint density at radius 2 is 2.37 bits per heavy atom. The van der Waals surface area contributed by atoms with Gasteiger partial charge in [-0.1, -0.05) is 11.3 Å². The van der Waals surface area contributed by atoms with Crippen LogP contribution >= 0.6 is 23.1 Å². The smallest absolute Gasteiger partial charge is 0.239 e. The normalized spacial score (nSPS) is 14.2. The summed E-state index contributed by atoms with van der Waals surface area (Å²) < 4.78 is 0.904. The molecular formula is C11H16N4O2S2. The molecule has 104 valence electrons. The highest BCUT2D eigenvalue weighted by Gasteiger charge is 2.24. The Morgan fingerprint density at radius 1 is 1.63 bits per heavy atom. The Kier molecular flexibility index (Phi) is 4.65. The number of carbonyl (C=O) groups is 2. The zero-order chi connectivity index (χ0) is 13.8. The molecule has 3 N–H and O–H groups in total. The van der Waals surface area contributed by atoms with Crippen LogP contribution in [0.5, 0.6) is 0 Å². The van der Waals surface area contributed by atoms with Gasteiger partial charge in [0.05, 0.1) is 22.7 Å². The standard InChI is InChI=1S/C11H16N4O2S2/c1-15(5-8(16)14-7-2-3-7)9(17)6-18-10-4-13-11(12)19-10/h4,7H,2-3,5-6H2,1H3,(H2,12,13)(H,14,16). The molecule has 0 aromatic carbocycles. The van der Waals surface area contributed by atoms with Crippen molar-refractivity contribution >= 4 is 40.0 Å². The van der Waals surface area contributed by atoms with Gasteiger partial charge in [-0.3, -0.25) is 9.59 Å². The van der Waals surface area contributed by atoms with Gasteiger partial charge in [-0.05, 0) is 12.8 Å². The lowest BCUT2D eigenvalue weighted by molar-refractivity contribution is -0.132. The highest BCUT2D eigenvalue weighted by atomic mass is 32.2. The van der Waals surface area contributed by atoms with Crippen molar-refractivity contribution < 1.29 is 9.59 Å². The number of anilines is 1. The van der Waals surface area contributed by atoms with E-state index in [-0.39, 0.29) is 24.1 Å². The van der Waals surface area contributed by atoms with Crippen LogP contribution in [0, 0.1) is 0 Å². The van der Waals surface area contributed by atoms with Crippen molar-refractivity contribution in [2.24, 2.45) is 0 Å². The maximum Gasteiger partial charge on any atom is 0.239 e. The Morgan fingerprint density at radius 3 is 2.95 bits per heavy atom. The molecule has 1 saturated carbocycles. The minimum atomic E-state index is -0.0922. The average Bonchev–Trinajstić information content (AvgIpc) is 3.06. The summed E-state index contributed by atoms with van der Waals surface area (Å²) in [5, 5.41) is 3.35. The average molecular weight is 300 g/mol. The van der Waals surface area contributed by atoms with Gasteiger partial charge in [0.15, 0.2) is 5.13 Å². The van der Waals surface area contributed by atoms with Gasteiger partial charge in [0, 0.05) is 13.1 Å². The van der Waals surface area contributed by atoms with E-state index >= 15 is 0 Å². The summed E-state index contributed by atoms with van der Waals surface area (Å²) in [6, 6.07) is 0.325. The minimum Gasteiger partial charge on any atom is -0.375 e. The third-order valence-electron chi connectivity index (χ3n) is 2.59. The van der Waals surface area contributed by atoms with Crippen molar-refractivity contribution in [2.45, 2.75) is 23.1 Å². The van der Waals surface area contributed by atoms with Crippen LogP contribution in [0.1, 0.15) is 12.8 Å². The maximum atomic E-state index is 11.8. The van der Waals surface area contributed by atoms with Crippen LogP contribution in [0.3, 0.4) is 0 Å². The van der Waals surface area contributed by atoms with E-state index in [9.17, 15) is 9.59 Å². The summed E-state index contributed by atoms with van der Waals surface area (Å²) in [7, 11) is 1.64. The summed E-state index contributed by atoms with van der Waals surface area (Å²) in [5.74, 6) is 0.114. The van der Waals surface area contributed by atoms with Gasteiger partial charge in [-0.2, -0.15) is 0 Å². The van der Waals surface area contributed by atoms with E-state index in [0.29, 0.717) is 11.2 Å². The lowest BCUT2D eigenvalue weighted by atomic mass is 10.5. The number of nitrogens with zero attached hydrogens (tertiary/aromatic N) is 2. The Balaban J connectivity index is 1.70. The van der Waals surface area contributed by atoms with Crippen molar-refractivity contribution in [2.75, 3.05) is 25.1 Å². The number of nitrogens with two attached hydrogens (primary N) is 1. The van der Waals surface area contributed by atoms with E-state index in [2.05, 4.69) is 10.3 Å². The lowest BCUT2D eigenvalue weighted by Crippen LogP contribution is -2.39. The topological polar surface area (TPSA) is 88.3 Å². The number of thiazole rings is 1. The zero-order valence-corrected chi connectivity index (χ0v) is 12.2. The number of aromatic nitrogens is 1. The molecule has 1 aliphatic carbocycles. The summed E-state index contributed by atoms with van der Waals surface area (Å²) in [5.41, 5.74) is 5.51. The molecule has 0 spiro atoms. The molecule has 8 heteroatoms. The van der Waals surface area contributed by atoms with Crippen LogP contribution in [-0.4, -0.2) is 47.1 Å². The molecular weight excluding hydrogens is 284 g/mol. The molecule has 1 aliphatic rings. The van der Waals surface area contributed by atoms with E-state index in [1.807, 2.05) is 0 Å². The van der Waals surface area contributed by atoms with Gasteiger partial charge >= 0.3 is 0 Å². The molecule has 0 unspecified atom stereocenters. The minimum absolute atomic E-state index is 0.0806. The fourth-order valence-corrected chi connectivity index (χ4v) is 3.09. The Hall–Kier alpha value is -1.28. The fraction of sp³-hybridized carbons (Fsp3) is 0.545. The van der Waals surface area contributed by atoms with Crippen molar-refractivity contribution in [3.8, 4) is 0 Å². The number of carbonyl (C=O) groups excluding carboxylic acids is 2. The third kappa shape index (κ3) is 4.71. The summed E-state index contributed by atoms with van der Waals surface area (Å²) in [4.78, 5) is 28.7. The molecule has 1 aromatic heterocycles. The number of hydrogen-bond donors (Lipinski definition) is 2. The predicted molar refractivity (Wildman–Crippen MR) is 76.1 cm³/mol. The van der Waals surface area contributed by atoms with Crippen molar-refractivity contribution in [3.63, 3.8) is 0 Å². The highest BCUT2D eigenvalue weighted by molar-refractivity contribution is 8.01. The van der Waals surface area contributed by atoms with E-state index in [1.54, 1.807) is 13.2 Å². The number of amides is 2. The first-order valence-corrected chi connectivity index (χ1v) is 7.72. The van der Waals surface area contributed by atoms with Gasteiger partial charge in [-0.15, -0.1) is 11.8 Å². The van der Waals surface area contributed by atoms with Crippen LogP contribution in [0.15, 0.2) is 10.4 Å². The number of likely N-dealkylation sites (N-methyl/N-ethyl adjacent to an activating group) is 1. The first kappa shape index (κ1) is 14.1. The first-order valence-electron chi connectivity index (χ1n) is 5.92. The van der Waals surface area contributed by atoms with Crippen molar-refractivity contribution in [1.82, 2.24) is 15.2 Å². The Bertz CT molecular complexity index is 473. The van der Waals surface area contributed by atoms with Crippen molar-refractivity contribution in [3.05, 3.63) is 6.20 Å². The first-order chi connectivity index (χ1) is 9.04. The SMILES string of the molecule is CN(CC(=O)NC1CC1)C(=O)CSc1cnc(N)s1. The summed E-state index contributed by atoms with van der Waals surface area (Å²) in [6.45, 7) is 0.112. The van der Waals surface area contributed by atoms with Crippen molar-refractivity contribution in [1.29, 1.82) is 0 Å². The largest absolute Gasteiger partial charge is 0.375 e. The van der Waals surface area contributed by atoms with Crippen LogP contribution < -0.4 is 11.1 Å². The molecule has 0 aliphatic heterocycles. The van der Waals surface area contributed by atoms with Gasteiger partial charge < -0.3 is 16.0 Å². The Labute approximate surface area is 119 Å². The molecule has 0 bridgehead atoms. The molecule has 1 heterocycles. The lowest BCUT2D eigenvalue weighted by Gasteiger charge is -2.16. The number of hydrogen-bond acceptors (Lipinski definition) is 6. The van der Waals surface area contributed by atoms with Crippen LogP contribution in [0.25, 0.3) is 0 Å². The molecule has 0 atom stereocenters. The molecule has 0 saturated heterocycles. The van der Waals surface area contributed by atoms with Crippen LogP contribution in [0.4, 0.5) is 5.13 Å². The van der Waals surface area contributed by atoms with E-state index < -0.39 is 0 Å². The molecule has 2 rings (SSSR count). The number of rotatable bonds is 6. The van der Waals surface area contributed by atoms with E-state index in [0.717, 1.165) is 17.1 Å². The van der Waals surface area contributed by atoms with Gasteiger partial charge in [-0.25, -0.2) is 4.98 Å².